The van der Waals surface area contributed by atoms with Crippen LogP contribution in [0.2, 0.25) is 0 Å². The molecule has 1 atom stereocenters. The summed E-state index contributed by atoms with van der Waals surface area (Å²) >= 11 is 0. The lowest BCUT2D eigenvalue weighted by Crippen LogP contribution is -2.35. The number of nitrogens with two attached hydrogens (primary N) is 1. The van der Waals surface area contributed by atoms with Crippen LogP contribution in [0.5, 0.6) is 0 Å². The van der Waals surface area contributed by atoms with E-state index in [1.807, 2.05) is 0 Å². The van der Waals surface area contributed by atoms with Crippen molar-refractivity contribution in [3.05, 3.63) is 11.9 Å². The Bertz CT molecular complexity index is 297. The van der Waals surface area contributed by atoms with Gasteiger partial charge in [-0.05, 0) is 6.42 Å². The topological polar surface area (TPSA) is 67.6 Å². The van der Waals surface area contributed by atoms with Gasteiger partial charge in [0.05, 0.1) is 11.7 Å². The van der Waals surface area contributed by atoms with Crippen molar-refractivity contribution in [3.63, 3.8) is 0 Å². The average molecular weight is 188 g/mol. The molecule has 1 aromatic rings. The van der Waals surface area contributed by atoms with Gasteiger partial charge in [0.15, 0.2) is 0 Å². The molecule has 0 bridgehead atoms. The van der Waals surface area contributed by atoms with E-state index in [4.69, 9.17) is 5.73 Å². The molecule has 1 heterocycles. The summed E-state index contributed by atoms with van der Waals surface area (Å²) in [5.74, 6) is -2.66. The number of hydrogen-bond donors (Lipinski definition) is 2. The van der Waals surface area contributed by atoms with Crippen molar-refractivity contribution in [2.75, 3.05) is 0 Å². The molecule has 0 spiro atoms. The Kier molecular flexibility index (Phi) is 1.63. The second-order valence-corrected chi connectivity index (χ2v) is 3.54. The number of aromatic nitrogens is 3. The van der Waals surface area contributed by atoms with Crippen LogP contribution in [0.15, 0.2) is 6.20 Å². The highest BCUT2D eigenvalue weighted by atomic mass is 19.3. The lowest BCUT2D eigenvalue weighted by molar-refractivity contribution is 0.00268. The third-order valence-electron chi connectivity index (χ3n) is 2.44. The fraction of sp³-hybridized carbons (Fsp3) is 0.714. The molecule has 4 nitrogen and oxygen atoms in total. The van der Waals surface area contributed by atoms with Gasteiger partial charge < -0.3 is 5.73 Å². The molecular formula is C7H10F2N4. The standard InChI is InChI=1S/C7H10F2N4/c8-7(9)2-1-6(10,4-7)5-3-11-13-12-5/h3H,1-2,4,10H2,(H,11,12,13). The van der Waals surface area contributed by atoms with Gasteiger partial charge >= 0.3 is 0 Å². The molecule has 0 aliphatic heterocycles. The number of halogens is 2. The first kappa shape index (κ1) is 8.55. The third-order valence-corrected chi connectivity index (χ3v) is 2.44. The fourth-order valence-corrected chi connectivity index (χ4v) is 1.70. The van der Waals surface area contributed by atoms with Crippen molar-refractivity contribution >= 4 is 0 Å². The molecule has 2 rings (SSSR count). The first-order valence-corrected chi connectivity index (χ1v) is 4.05. The summed E-state index contributed by atoms with van der Waals surface area (Å²) in [6.45, 7) is 0. The van der Waals surface area contributed by atoms with Gasteiger partial charge in [0.1, 0.15) is 5.69 Å². The lowest BCUT2D eigenvalue weighted by atomic mass is 9.95. The maximum absolute atomic E-state index is 12.9. The van der Waals surface area contributed by atoms with Crippen molar-refractivity contribution < 1.29 is 8.78 Å². The zero-order valence-corrected chi connectivity index (χ0v) is 6.93. The highest BCUT2D eigenvalue weighted by Crippen LogP contribution is 2.44. The smallest absolute Gasteiger partial charge is 0.250 e. The summed E-state index contributed by atoms with van der Waals surface area (Å²) in [6, 6.07) is 0. The predicted octanol–water partition coefficient (Wildman–Crippen LogP) is 0.778. The number of aromatic amines is 1. The maximum Gasteiger partial charge on any atom is 0.250 e. The van der Waals surface area contributed by atoms with Crippen LogP contribution in [0.3, 0.4) is 0 Å². The first-order chi connectivity index (χ1) is 6.02. The van der Waals surface area contributed by atoms with Gasteiger partial charge in [0, 0.05) is 12.8 Å². The highest BCUT2D eigenvalue weighted by molar-refractivity contribution is 5.13. The van der Waals surface area contributed by atoms with Crippen LogP contribution >= 0.6 is 0 Å². The molecule has 0 saturated heterocycles. The van der Waals surface area contributed by atoms with E-state index in [0.29, 0.717) is 5.69 Å². The molecule has 13 heavy (non-hydrogen) atoms. The Morgan fingerprint density at radius 3 is 2.69 bits per heavy atom. The molecule has 0 aromatic carbocycles. The molecule has 3 N–H and O–H groups in total. The van der Waals surface area contributed by atoms with Crippen molar-refractivity contribution in [2.24, 2.45) is 5.73 Å². The van der Waals surface area contributed by atoms with Gasteiger partial charge in [-0.25, -0.2) is 8.78 Å². The minimum absolute atomic E-state index is 0.170. The van der Waals surface area contributed by atoms with Crippen LogP contribution in [0, 0.1) is 0 Å². The number of alkyl halides is 2. The minimum Gasteiger partial charge on any atom is -0.320 e. The first-order valence-electron chi connectivity index (χ1n) is 4.05. The van der Waals surface area contributed by atoms with Crippen molar-refractivity contribution in [3.8, 4) is 0 Å². The Morgan fingerprint density at radius 1 is 1.46 bits per heavy atom. The molecule has 1 unspecified atom stereocenters. The van der Waals surface area contributed by atoms with Crippen LogP contribution in [0.25, 0.3) is 0 Å². The van der Waals surface area contributed by atoms with E-state index in [1.54, 1.807) is 0 Å². The van der Waals surface area contributed by atoms with E-state index >= 15 is 0 Å². The summed E-state index contributed by atoms with van der Waals surface area (Å²) in [5, 5.41) is 9.67. The lowest BCUT2D eigenvalue weighted by Gasteiger charge is -2.20. The molecule has 0 radical (unpaired) electrons. The van der Waals surface area contributed by atoms with E-state index in [9.17, 15) is 8.78 Å². The summed E-state index contributed by atoms with van der Waals surface area (Å²) in [5.41, 5.74) is 5.22. The van der Waals surface area contributed by atoms with Crippen LogP contribution in [0.1, 0.15) is 25.0 Å². The average Bonchev–Trinajstić information content (AvgIpc) is 2.58. The number of hydrogen-bond acceptors (Lipinski definition) is 3. The summed E-state index contributed by atoms with van der Waals surface area (Å²) in [7, 11) is 0. The van der Waals surface area contributed by atoms with E-state index < -0.39 is 11.5 Å². The number of H-pyrrole nitrogens is 1. The highest BCUT2D eigenvalue weighted by Gasteiger charge is 2.49. The zero-order valence-electron chi connectivity index (χ0n) is 6.93. The minimum atomic E-state index is -2.66. The molecule has 1 saturated carbocycles. The normalized spacial score (nSPS) is 32.2. The number of nitrogens with zero attached hydrogens (tertiary/aromatic N) is 2. The van der Waals surface area contributed by atoms with Crippen molar-refractivity contribution in [2.45, 2.75) is 30.7 Å². The van der Waals surface area contributed by atoms with Gasteiger partial charge in [-0.1, -0.05) is 0 Å². The van der Waals surface area contributed by atoms with E-state index in [2.05, 4.69) is 15.4 Å². The molecule has 72 valence electrons. The summed E-state index contributed by atoms with van der Waals surface area (Å²) in [6.07, 6.45) is 1.15. The van der Waals surface area contributed by atoms with E-state index in [-0.39, 0.29) is 19.3 Å². The second-order valence-electron chi connectivity index (χ2n) is 3.54. The molecular weight excluding hydrogens is 178 g/mol. The van der Waals surface area contributed by atoms with E-state index in [1.165, 1.54) is 6.20 Å². The van der Waals surface area contributed by atoms with Crippen LogP contribution in [0.4, 0.5) is 8.78 Å². The molecule has 1 aromatic heterocycles. The van der Waals surface area contributed by atoms with Gasteiger partial charge in [-0.3, -0.25) is 0 Å². The number of rotatable bonds is 1. The van der Waals surface area contributed by atoms with Crippen molar-refractivity contribution in [1.82, 2.24) is 15.4 Å². The Labute approximate surface area is 73.5 Å². The fourth-order valence-electron chi connectivity index (χ4n) is 1.70. The molecule has 6 heteroatoms. The Balaban J connectivity index is 2.25. The molecule has 1 aliphatic carbocycles. The largest absolute Gasteiger partial charge is 0.320 e. The summed E-state index contributed by atoms with van der Waals surface area (Å²) in [4.78, 5) is 0. The monoisotopic (exact) mass is 188 g/mol. The number of nitrogens with one attached hydrogen (secondary N) is 1. The van der Waals surface area contributed by atoms with Gasteiger partial charge in [0.25, 0.3) is 0 Å². The van der Waals surface area contributed by atoms with Crippen LogP contribution < -0.4 is 5.73 Å². The molecule has 0 amide bonds. The zero-order chi connectivity index (χ0) is 9.53. The maximum atomic E-state index is 12.9. The van der Waals surface area contributed by atoms with Gasteiger partial charge in [-0.15, -0.1) is 0 Å². The van der Waals surface area contributed by atoms with Gasteiger partial charge in [-0.2, -0.15) is 15.4 Å². The second kappa shape index (κ2) is 2.47. The third kappa shape index (κ3) is 1.41. The Hall–Kier alpha value is -1.04. The van der Waals surface area contributed by atoms with Crippen LogP contribution in [-0.4, -0.2) is 21.3 Å². The van der Waals surface area contributed by atoms with E-state index in [0.717, 1.165) is 0 Å². The predicted molar refractivity (Wildman–Crippen MR) is 41.0 cm³/mol. The SMILES string of the molecule is NC1(c2cn[nH]n2)CCC(F)(F)C1. The van der Waals surface area contributed by atoms with Crippen LogP contribution in [-0.2, 0) is 5.54 Å². The summed E-state index contributed by atoms with van der Waals surface area (Å²) < 4.78 is 25.8. The van der Waals surface area contributed by atoms with Crippen molar-refractivity contribution in [1.29, 1.82) is 0 Å². The Morgan fingerprint density at radius 2 is 2.23 bits per heavy atom. The van der Waals surface area contributed by atoms with Gasteiger partial charge in [0.2, 0.25) is 5.92 Å². The molecule has 1 aliphatic rings. The quantitative estimate of drug-likeness (QED) is 0.684. The molecule has 1 fully saturated rings.